The van der Waals surface area contributed by atoms with E-state index < -0.39 is 0 Å². The normalized spacial score (nSPS) is 17.0. The number of nitrogens with zero attached hydrogens (tertiary/aromatic N) is 5. The van der Waals surface area contributed by atoms with Crippen molar-refractivity contribution in [2.45, 2.75) is 38.8 Å². The van der Waals surface area contributed by atoms with Crippen molar-refractivity contribution in [3.05, 3.63) is 93.9 Å². The molecule has 7 heteroatoms. The quantitative estimate of drug-likeness (QED) is 0.405. The molecule has 0 N–H and O–H groups in total. The van der Waals surface area contributed by atoms with Gasteiger partial charge in [-0.2, -0.15) is 5.26 Å². The van der Waals surface area contributed by atoms with Crippen LogP contribution in [0.1, 0.15) is 42.0 Å². The maximum atomic E-state index is 10.2. The van der Waals surface area contributed by atoms with Crippen molar-refractivity contribution in [2.24, 2.45) is 0 Å². The van der Waals surface area contributed by atoms with Gasteiger partial charge in [-0.3, -0.25) is 0 Å². The van der Waals surface area contributed by atoms with Gasteiger partial charge in [0, 0.05) is 24.9 Å². The summed E-state index contributed by atoms with van der Waals surface area (Å²) >= 11 is 1.60. The number of allylic oxidation sites excluding steroid dienone is 1. The molecule has 162 valence electrons. The highest BCUT2D eigenvalue weighted by Crippen LogP contribution is 2.44. The summed E-state index contributed by atoms with van der Waals surface area (Å²) in [5, 5.41) is 22.2. The second kappa shape index (κ2) is 10.2. The third-order valence-electron chi connectivity index (χ3n) is 5.73. The smallest absolute Gasteiger partial charge is 0.177 e. The fourth-order valence-electron chi connectivity index (χ4n) is 4.16. The highest BCUT2D eigenvalue weighted by Gasteiger charge is 2.29. The molecule has 3 aromatic rings. The molecule has 0 radical (unpaired) electrons. The molecule has 3 heterocycles. The zero-order valence-corrected chi connectivity index (χ0v) is 20.2. The van der Waals surface area contributed by atoms with Crippen LogP contribution in [0.3, 0.4) is 0 Å². The van der Waals surface area contributed by atoms with Crippen LogP contribution >= 0.6 is 28.7 Å². The third-order valence-corrected chi connectivity index (χ3v) is 6.72. The van der Waals surface area contributed by atoms with Crippen LogP contribution in [0.25, 0.3) is 11.3 Å². The summed E-state index contributed by atoms with van der Waals surface area (Å²) in [6, 6.07) is 23.2. The van der Waals surface area contributed by atoms with Crippen molar-refractivity contribution < 1.29 is 0 Å². The van der Waals surface area contributed by atoms with Crippen LogP contribution in [0.4, 0.5) is 0 Å². The van der Waals surface area contributed by atoms with Crippen LogP contribution in [0.15, 0.2) is 71.1 Å². The predicted octanol–water partition coefficient (Wildman–Crippen LogP) is 6.02. The largest absolute Gasteiger partial charge is 0.329 e. The molecule has 2 aromatic carbocycles. The Morgan fingerprint density at radius 2 is 1.72 bits per heavy atom. The monoisotopic (exact) mass is 505 g/mol. The van der Waals surface area contributed by atoms with Crippen molar-refractivity contribution in [3.8, 4) is 6.07 Å². The average molecular weight is 506 g/mol. The maximum absolute atomic E-state index is 10.2. The van der Waals surface area contributed by atoms with Crippen molar-refractivity contribution >= 4 is 40.0 Å². The zero-order chi connectivity index (χ0) is 21.0. The Hall–Kier alpha value is -2.82. The molecule has 2 aliphatic rings. The molecule has 0 bridgehead atoms. The Labute approximate surface area is 203 Å². The van der Waals surface area contributed by atoms with Gasteiger partial charge in [0.2, 0.25) is 0 Å². The molecule has 0 spiro atoms. The Kier molecular flexibility index (Phi) is 7.13. The number of fused-ring (bicyclic) bond motifs is 1. The second-order valence-corrected chi connectivity index (χ2v) is 8.61. The first kappa shape index (κ1) is 22.4. The Morgan fingerprint density at radius 1 is 0.969 bits per heavy atom. The maximum Gasteiger partial charge on any atom is 0.177 e. The van der Waals surface area contributed by atoms with Crippen molar-refractivity contribution in [1.82, 2.24) is 19.7 Å². The van der Waals surface area contributed by atoms with Crippen LogP contribution in [-0.4, -0.2) is 19.7 Å². The molecular formula is C25H24BrN5S. The number of halogens is 1. The van der Waals surface area contributed by atoms with Gasteiger partial charge in [0.15, 0.2) is 5.82 Å². The molecule has 5 rings (SSSR count). The van der Waals surface area contributed by atoms with Gasteiger partial charge in [-0.1, -0.05) is 78.8 Å². The van der Waals surface area contributed by atoms with Crippen molar-refractivity contribution in [2.75, 3.05) is 0 Å². The second-order valence-electron chi connectivity index (χ2n) is 7.75. The minimum Gasteiger partial charge on any atom is -0.329 e. The fraction of sp³-hybridized carbons (Fsp3) is 0.240. The van der Waals surface area contributed by atoms with Gasteiger partial charge < -0.3 is 9.47 Å². The Balaban J connectivity index is 0.00000245. The number of rotatable bonds is 4. The van der Waals surface area contributed by atoms with Gasteiger partial charge in [0.1, 0.15) is 22.5 Å². The number of thioether (sulfide) groups is 1. The van der Waals surface area contributed by atoms with Gasteiger partial charge >= 0.3 is 0 Å². The van der Waals surface area contributed by atoms with Crippen LogP contribution in [0.2, 0.25) is 0 Å². The molecule has 5 nitrogen and oxygen atoms in total. The number of benzene rings is 2. The number of hydrogen-bond donors (Lipinski definition) is 0. The standard InChI is InChI=1S/C25H23N5S.BrH/c26-16-21(24-28-27-23-14-8-3-9-15-29(23)24)25-30(17-19-10-4-1-5-11-19)22(18-31-25)20-12-6-2-7-13-20;/h1-2,4-7,10-13,18H,3,8-9,14-15,17H2;1H/b25-21-;. The van der Waals surface area contributed by atoms with Crippen LogP contribution in [0.5, 0.6) is 0 Å². The number of aromatic nitrogens is 3. The van der Waals surface area contributed by atoms with Gasteiger partial charge in [0.25, 0.3) is 0 Å². The number of hydrogen-bond acceptors (Lipinski definition) is 5. The minimum absolute atomic E-state index is 0. The van der Waals surface area contributed by atoms with E-state index in [1.165, 1.54) is 12.0 Å². The van der Waals surface area contributed by atoms with Crippen LogP contribution in [0, 0.1) is 11.3 Å². The van der Waals surface area contributed by atoms with E-state index in [-0.39, 0.29) is 17.0 Å². The van der Waals surface area contributed by atoms with E-state index >= 15 is 0 Å². The third kappa shape index (κ3) is 4.38. The molecule has 0 aliphatic carbocycles. The highest BCUT2D eigenvalue weighted by molar-refractivity contribution is 8.93. The minimum atomic E-state index is 0. The van der Waals surface area contributed by atoms with E-state index in [2.05, 4.69) is 67.5 Å². The van der Waals surface area contributed by atoms with E-state index in [4.69, 9.17) is 0 Å². The van der Waals surface area contributed by atoms with Crippen molar-refractivity contribution in [3.63, 3.8) is 0 Å². The number of aryl methyl sites for hydroxylation is 1. The summed E-state index contributed by atoms with van der Waals surface area (Å²) < 4.78 is 2.15. The van der Waals surface area contributed by atoms with Gasteiger partial charge in [0.05, 0.1) is 5.70 Å². The molecule has 0 saturated heterocycles. The Bertz CT molecular complexity index is 1180. The van der Waals surface area contributed by atoms with Crippen LogP contribution in [-0.2, 0) is 19.5 Å². The molecule has 2 aliphatic heterocycles. The molecule has 32 heavy (non-hydrogen) atoms. The molecular weight excluding hydrogens is 482 g/mol. The van der Waals surface area contributed by atoms with Crippen molar-refractivity contribution in [1.29, 1.82) is 5.26 Å². The summed E-state index contributed by atoms with van der Waals surface area (Å²) in [7, 11) is 0. The topological polar surface area (TPSA) is 57.7 Å². The highest BCUT2D eigenvalue weighted by atomic mass is 79.9. The SMILES string of the molecule is Br.N#C/C(=C1/SC=C(c2ccccc2)N1Cc1ccccc1)c1nnc2n1CCCCC2. The molecule has 1 aromatic heterocycles. The van der Waals surface area contributed by atoms with Gasteiger partial charge in [-0.15, -0.1) is 27.2 Å². The lowest BCUT2D eigenvalue weighted by atomic mass is 10.1. The summed E-state index contributed by atoms with van der Waals surface area (Å²) in [6.07, 6.45) is 4.34. The lowest BCUT2D eigenvalue weighted by molar-refractivity contribution is 0.521. The average Bonchev–Trinajstić information content (AvgIpc) is 3.32. The first-order chi connectivity index (χ1) is 15.3. The van der Waals surface area contributed by atoms with E-state index in [0.717, 1.165) is 47.9 Å². The summed E-state index contributed by atoms with van der Waals surface area (Å²) in [4.78, 5) is 2.24. The van der Waals surface area contributed by atoms with Gasteiger partial charge in [-0.05, 0) is 24.0 Å². The van der Waals surface area contributed by atoms with Crippen LogP contribution < -0.4 is 0 Å². The van der Waals surface area contributed by atoms with E-state index in [1.54, 1.807) is 11.8 Å². The van der Waals surface area contributed by atoms with E-state index in [9.17, 15) is 5.26 Å². The molecule has 0 saturated carbocycles. The fourth-order valence-corrected chi connectivity index (χ4v) is 5.19. The summed E-state index contributed by atoms with van der Waals surface area (Å²) in [5.41, 5.74) is 4.04. The number of nitriles is 1. The lowest BCUT2D eigenvalue weighted by Crippen LogP contribution is -2.18. The van der Waals surface area contributed by atoms with E-state index in [1.807, 2.05) is 24.3 Å². The molecule has 0 atom stereocenters. The first-order valence-electron chi connectivity index (χ1n) is 10.7. The van der Waals surface area contributed by atoms with Gasteiger partial charge in [-0.25, -0.2) is 0 Å². The summed E-state index contributed by atoms with van der Waals surface area (Å²) in [5.74, 6) is 1.69. The lowest BCUT2D eigenvalue weighted by Gasteiger charge is -2.25. The predicted molar refractivity (Wildman–Crippen MR) is 134 cm³/mol. The zero-order valence-electron chi connectivity index (χ0n) is 17.6. The molecule has 0 unspecified atom stereocenters. The molecule has 0 fully saturated rings. The Morgan fingerprint density at radius 3 is 2.47 bits per heavy atom. The summed E-state index contributed by atoms with van der Waals surface area (Å²) in [6.45, 7) is 1.56. The molecule has 0 amide bonds. The van der Waals surface area contributed by atoms with E-state index in [0.29, 0.717) is 17.9 Å². The first-order valence-corrected chi connectivity index (χ1v) is 11.5.